The normalized spacial score (nSPS) is 14.1. The van der Waals surface area contributed by atoms with Crippen LogP contribution in [0.2, 0.25) is 5.02 Å². The Hall–Kier alpha value is -3.12. The van der Waals surface area contributed by atoms with Gasteiger partial charge in [0.05, 0.1) is 5.69 Å². The van der Waals surface area contributed by atoms with Gasteiger partial charge in [-0.1, -0.05) is 54.4 Å². The molecule has 2 heterocycles. The molecule has 0 unspecified atom stereocenters. The molecular weight excluding hydrogens is 388 g/mol. The zero-order chi connectivity index (χ0) is 19.8. The van der Waals surface area contributed by atoms with E-state index in [0.29, 0.717) is 23.2 Å². The van der Waals surface area contributed by atoms with Crippen LogP contribution >= 0.6 is 11.6 Å². The molecule has 6 nitrogen and oxygen atoms in total. The summed E-state index contributed by atoms with van der Waals surface area (Å²) in [5.41, 5.74) is 2.25. The van der Waals surface area contributed by atoms with Crippen molar-refractivity contribution in [1.29, 1.82) is 0 Å². The Labute approximate surface area is 172 Å². The van der Waals surface area contributed by atoms with E-state index >= 15 is 0 Å². The van der Waals surface area contributed by atoms with Crippen molar-refractivity contribution in [3.05, 3.63) is 81.2 Å². The molecule has 1 fully saturated rings. The molecule has 5 rings (SSSR count). The summed E-state index contributed by atoms with van der Waals surface area (Å²) in [4.78, 5) is 21.5. The zero-order valence-electron chi connectivity index (χ0n) is 15.6. The van der Waals surface area contributed by atoms with Crippen LogP contribution in [-0.2, 0) is 6.61 Å². The smallest absolute Gasteiger partial charge is 0.274 e. The summed E-state index contributed by atoms with van der Waals surface area (Å²) in [5, 5.41) is 3.73. The predicted octanol–water partition coefficient (Wildman–Crippen LogP) is 4.58. The summed E-state index contributed by atoms with van der Waals surface area (Å²) in [5.74, 6) is 2.12. The number of aromatic nitrogens is 4. The molecule has 0 bridgehead atoms. The molecular formula is C22H19ClN4O2. The van der Waals surface area contributed by atoms with Crippen LogP contribution in [0.5, 0.6) is 5.75 Å². The molecule has 2 aromatic heterocycles. The fourth-order valence-electron chi connectivity index (χ4n) is 3.61. The average molecular weight is 407 g/mol. The lowest BCUT2D eigenvalue weighted by Crippen LogP contribution is -2.17. The lowest BCUT2D eigenvalue weighted by molar-refractivity contribution is 0.289. The number of nitrogens with zero attached hydrogens (tertiary/aromatic N) is 3. The lowest BCUT2D eigenvalue weighted by atomic mass is 9.79. The monoisotopic (exact) mass is 406 g/mol. The van der Waals surface area contributed by atoms with E-state index in [1.54, 1.807) is 0 Å². The maximum absolute atomic E-state index is 12.5. The molecule has 1 aliphatic rings. The van der Waals surface area contributed by atoms with Gasteiger partial charge in [-0.15, -0.1) is 0 Å². The van der Waals surface area contributed by atoms with Crippen molar-refractivity contribution >= 4 is 17.4 Å². The number of aromatic amines is 1. The Morgan fingerprint density at radius 2 is 1.93 bits per heavy atom. The number of fused-ring (bicyclic) bond motifs is 1. The third kappa shape index (κ3) is 3.40. The molecule has 0 spiro atoms. The van der Waals surface area contributed by atoms with E-state index in [1.807, 2.05) is 48.5 Å². The summed E-state index contributed by atoms with van der Waals surface area (Å²) in [6.07, 6.45) is 3.47. The molecule has 0 amide bonds. The molecule has 0 saturated heterocycles. The second-order valence-corrected chi connectivity index (χ2v) is 7.63. The second-order valence-electron chi connectivity index (χ2n) is 7.23. The molecule has 29 heavy (non-hydrogen) atoms. The van der Waals surface area contributed by atoms with Crippen LogP contribution in [0.15, 0.2) is 59.4 Å². The van der Waals surface area contributed by atoms with Gasteiger partial charge in [0.15, 0.2) is 5.82 Å². The van der Waals surface area contributed by atoms with E-state index < -0.39 is 0 Å². The molecule has 146 valence electrons. The van der Waals surface area contributed by atoms with E-state index in [1.165, 1.54) is 17.0 Å². The van der Waals surface area contributed by atoms with E-state index in [9.17, 15) is 4.79 Å². The minimum absolute atomic E-state index is 0.180. The Morgan fingerprint density at radius 3 is 2.69 bits per heavy atom. The van der Waals surface area contributed by atoms with Crippen molar-refractivity contribution in [2.75, 3.05) is 0 Å². The fraction of sp³-hybridized carbons (Fsp3) is 0.227. The van der Waals surface area contributed by atoms with Crippen molar-refractivity contribution in [1.82, 2.24) is 19.6 Å². The van der Waals surface area contributed by atoms with Gasteiger partial charge in [0.2, 0.25) is 0 Å². The summed E-state index contributed by atoms with van der Waals surface area (Å²) < 4.78 is 7.36. The summed E-state index contributed by atoms with van der Waals surface area (Å²) in [6, 6.07) is 16.8. The Morgan fingerprint density at radius 1 is 1.10 bits per heavy atom. The largest absolute Gasteiger partial charge is 0.487 e. The number of hydrogen-bond donors (Lipinski definition) is 1. The van der Waals surface area contributed by atoms with E-state index in [2.05, 4.69) is 15.1 Å². The van der Waals surface area contributed by atoms with Gasteiger partial charge in [-0.25, -0.2) is 4.98 Å². The molecule has 1 aliphatic carbocycles. The number of benzene rings is 2. The highest BCUT2D eigenvalue weighted by molar-refractivity contribution is 6.31. The van der Waals surface area contributed by atoms with Gasteiger partial charge in [-0.3, -0.25) is 9.89 Å². The van der Waals surface area contributed by atoms with Gasteiger partial charge in [0.25, 0.3) is 11.3 Å². The van der Waals surface area contributed by atoms with Crippen molar-refractivity contribution in [3.8, 4) is 17.1 Å². The van der Waals surface area contributed by atoms with Gasteiger partial charge < -0.3 is 4.74 Å². The average Bonchev–Trinajstić information content (AvgIpc) is 3.13. The first-order chi connectivity index (χ1) is 14.2. The molecule has 1 saturated carbocycles. The van der Waals surface area contributed by atoms with E-state index in [0.717, 1.165) is 34.7 Å². The molecule has 2 aromatic carbocycles. The summed E-state index contributed by atoms with van der Waals surface area (Å²) in [6.45, 7) is 0.180. The molecule has 7 heteroatoms. The number of ether oxygens (including phenoxy) is 1. The third-order valence-corrected chi connectivity index (χ3v) is 5.66. The SMILES string of the molecule is O=c1cc(COc2cccc(Cl)c2C2CCC2)nc2nc(-c3ccccc3)[nH]n12. The van der Waals surface area contributed by atoms with Crippen LogP contribution < -0.4 is 10.3 Å². The molecule has 0 aliphatic heterocycles. The maximum atomic E-state index is 12.5. The van der Waals surface area contributed by atoms with Crippen molar-refractivity contribution < 1.29 is 4.74 Å². The highest BCUT2D eigenvalue weighted by Crippen LogP contribution is 2.44. The van der Waals surface area contributed by atoms with Crippen molar-refractivity contribution in [2.24, 2.45) is 0 Å². The number of nitrogens with one attached hydrogen (secondary N) is 1. The van der Waals surface area contributed by atoms with Gasteiger partial charge >= 0.3 is 0 Å². The Balaban J connectivity index is 1.43. The Kier molecular flexibility index (Phi) is 4.56. The van der Waals surface area contributed by atoms with Crippen LogP contribution in [0.1, 0.15) is 36.4 Å². The van der Waals surface area contributed by atoms with E-state index in [-0.39, 0.29) is 12.2 Å². The standard InChI is InChI=1S/C22H19ClN4O2/c23-17-10-5-11-18(20(17)14-8-4-9-14)29-13-16-12-19(28)27-22(24-16)25-21(26-27)15-6-2-1-3-7-15/h1-3,5-7,10-12,14H,4,8-9,13H2,(H,24,25,26). The zero-order valence-corrected chi connectivity index (χ0v) is 16.4. The topological polar surface area (TPSA) is 72.3 Å². The van der Waals surface area contributed by atoms with Crippen LogP contribution in [0.4, 0.5) is 0 Å². The molecule has 1 N–H and O–H groups in total. The predicted molar refractivity (Wildman–Crippen MR) is 111 cm³/mol. The van der Waals surface area contributed by atoms with E-state index in [4.69, 9.17) is 16.3 Å². The first-order valence-electron chi connectivity index (χ1n) is 9.64. The quantitative estimate of drug-likeness (QED) is 0.526. The molecule has 0 radical (unpaired) electrons. The van der Waals surface area contributed by atoms with Crippen LogP contribution in [0.25, 0.3) is 17.2 Å². The number of hydrogen-bond acceptors (Lipinski definition) is 4. The number of rotatable bonds is 5. The number of halogens is 1. The first kappa shape index (κ1) is 17.9. The third-order valence-electron chi connectivity index (χ3n) is 5.33. The number of H-pyrrole nitrogens is 1. The van der Waals surface area contributed by atoms with Crippen molar-refractivity contribution in [2.45, 2.75) is 31.8 Å². The summed E-state index contributed by atoms with van der Waals surface area (Å²) in [7, 11) is 0. The van der Waals surface area contributed by atoms with Crippen molar-refractivity contribution in [3.63, 3.8) is 0 Å². The van der Waals surface area contributed by atoms with Gasteiger partial charge in [-0.05, 0) is 30.9 Å². The van der Waals surface area contributed by atoms with Crippen LogP contribution in [-0.4, -0.2) is 19.6 Å². The first-order valence-corrected chi connectivity index (χ1v) is 10.0. The lowest BCUT2D eigenvalue weighted by Gasteiger charge is -2.28. The summed E-state index contributed by atoms with van der Waals surface area (Å²) >= 11 is 6.42. The second kappa shape index (κ2) is 7.37. The minimum Gasteiger partial charge on any atom is -0.487 e. The highest BCUT2D eigenvalue weighted by atomic mass is 35.5. The fourth-order valence-corrected chi connectivity index (χ4v) is 3.93. The van der Waals surface area contributed by atoms with Crippen LogP contribution in [0.3, 0.4) is 0 Å². The maximum Gasteiger partial charge on any atom is 0.274 e. The molecule has 4 aromatic rings. The van der Waals surface area contributed by atoms with Crippen LogP contribution in [0, 0.1) is 0 Å². The molecule has 0 atom stereocenters. The van der Waals surface area contributed by atoms with Gasteiger partial charge in [-0.2, -0.15) is 9.50 Å². The Bertz CT molecular complexity index is 1230. The van der Waals surface area contributed by atoms with Gasteiger partial charge in [0, 0.05) is 22.2 Å². The highest BCUT2D eigenvalue weighted by Gasteiger charge is 2.25. The van der Waals surface area contributed by atoms with Gasteiger partial charge in [0.1, 0.15) is 12.4 Å². The minimum atomic E-state index is -0.228.